The SMILES string of the molecule is Nc1ccc2c(c1)CC=C(c1cc3cc(N)ccc3[nH]1)N2. The number of nitrogen functional groups attached to an aromatic ring is 2. The van der Waals surface area contributed by atoms with Crippen LogP contribution in [0.2, 0.25) is 0 Å². The summed E-state index contributed by atoms with van der Waals surface area (Å²) in [7, 11) is 0. The molecular formula is C17H16N4. The quantitative estimate of drug-likeness (QED) is 0.515. The van der Waals surface area contributed by atoms with Crippen LogP contribution in [0, 0.1) is 0 Å². The highest BCUT2D eigenvalue weighted by molar-refractivity contribution is 5.90. The molecule has 0 aliphatic carbocycles. The average Bonchev–Trinajstić information content (AvgIpc) is 2.89. The Bertz CT molecular complexity index is 874. The van der Waals surface area contributed by atoms with E-state index >= 15 is 0 Å². The van der Waals surface area contributed by atoms with E-state index < -0.39 is 0 Å². The fourth-order valence-electron chi connectivity index (χ4n) is 2.79. The zero-order chi connectivity index (χ0) is 14.4. The van der Waals surface area contributed by atoms with Gasteiger partial charge in [0, 0.05) is 28.0 Å². The highest BCUT2D eigenvalue weighted by Crippen LogP contribution is 2.30. The van der Waals surface area contributed by atoms with E-state index in [1.807, 2.05) is 36.4 Å². The molecule has 0 bridgehead atoms. The summed E-state index contributed by atoms with van der Waals surface area (Å²) in [5, 5.41) is 4.58. The van der Waals surface area contributed by atoms with Gasteiger partial charge in [0.25, 0.3) is 0 Å². The molecule has 104 valence electrons. The van der Waals surface area contributed by atoms with E-state index in [1.54, 1.807) is 0 Å². The molecule has 0 spiro atoms. The summed E-state index contributed by atoms with van der Waals surface area (Å²) in [6.45, 7) is 0. The highest BCUT2D eigenvalue weighted by atomic mass is 14.9. The van der Waals surface area contributed by atoms with Crippen LogP contribution in [-0.4, -0.2) is 4.98 Å². The minimum Gasteiger partial charge on any atom is -0.399 e. The van der Waals surface area contributed by atoms with Crippen LogP contribution < -0.4 is 16.8 Å². The van der Waals surface area contributed by atoms with Crippen LogP contribution in [0.4, 0.5) is 17.1 Å². The van der Waals surface area contributed by atoms with Crippen molar-refractivity contribution < 1.29 is 0 Å². The molecule has 4 nitrogen and oxygen atoms in total. The van der Waals surface area contributed by atoms with Crippen molar-refractivity contribution in [2.24, 2.45) is 0 Å². The lowest BCUT2D eigenvalue weighted by molar-refractivity contribution is 1.22. The van der Waals surface area contributed by atoms with Crippen LogP contribution in [0.1, 0.15) is 11.3 Å². The summed E-state index contributed by atoms with van der Waals surface area (Å²) in [6, 6.07) is 14.0. The molecule has 4 rings (SSSR count). The molecule has 4 heteroatoms. The Morgan fingerprint density at radius 2 is 1.71 bits per heavy atom. The number of rotatable bonds is 1. The first-order valence-electron chi connectivity index (χ1n) is 6.93. The topological polar surface area (TPSA) is 79.9 Å². The number of nitrogens with two attached hydrogens (primary N) is 2. The third-order valence-electron chi connectivity index (χ3n) is 3.86. The molecule has 6 N–H and O–H groups in total. The minimum absolute atomic E-state index is 0.777. The van der Waals surface area contributed by atoms with Gasteiger partial charge >= 0.3 is 0 Å². The van der Waals surface area contributed by atoms with E-state index in [9.17, 15) is 0 Å². The summed E-state index contributed by atoms with van der Waals surface area (Å²) in [5.74, 6) is 0. The summed E-state index contributed by atoms with van der Waals surface area (Å²) < 4.78 is 0. The lowest BCUT2D eigenvalue weighted by Gasteiger charge is -2.19. The second-order valence-electron chi connectivity index (χ2n) is 5.39. The largest absolute Gasteiger partial charge is 0.399 e. The van der Waals surface area contributed by atoms with Crippen molar-refractivity contribution in [1.82, 2.24) is 4.98 Å². The zero-order valence-corrected chi connectivity index (χ0v) is 11.5. The van der Waals surface area contributed by atoms with Crippen molar-refractivity contribution in [2.75, 3.05) is 16.8 Å². The van der Waals surface area contributed by atoms with Crippen molar-refractivity contribution >= 4 is 33.7 Å². The highest BCUT2D eigenvalue weighted by Gasteiger charge is 2.13. The van der Waals surface area contributed by atoms with Crippen molar-refractivity contribution in [1.29, 1.82) is 0 Å². The summed E-state index contributed by atoms with van der Waals surface area (Å²) in [5.41, 5.74) is 18.8. The number of aromatic nitrogens is 1. The van der Waals surface area contributed by atoms with E-state index in [-0.39, 0.29) is 0 Å². The first-order chi connectivity index (χ1) is 10.2. The van der Waals surface area contributed by atoms with Crippen LogP contribution >= 0.6 is 0 Å². The Hall–Kier alpha value is -2.88. The van der Waals surface area contributed by atoms with E-state index in [4.69, 9.17) is 11.5 Å². The number of hydrogen-bond donors (Lipinski definition) is 4. The maximum Gasteiger partial charge on any atom is 0.0627 e. The van der Waals surface area contributed by atoms with Crippen LogP contribution in [0.3, 0.4) is 0 Å². The number of allylic oxidation sites excluding steroid dienone is 1. The van der Waals surface area contributed by atoms with Crippen LogP contribution in [-0.2, 0) is 6.42 Å². The number of H-pyrrole nitrogens is 1. The molecule has 1 aromatic heterocycles. The molecular weight excluding hydrogens is 260 g/mol. The fraction of sp³-hybridized carbons (Fsp3) is 0.0588. The minimum atomic E-state index is 0.777. The Morgan fingerprint density at radius 3 is 2.62 bits per heavy atom. The smallest absolute Gasteiger partial charge is 0.0627 e. The van der Waals surface area contributed by atoms with Gasteiger partial charge in [0.15, 0.2) is 0 Å². The second-order valence-corrected chi connectivity index (χ2v) is 5.39. The third kappa shape index (κ3) is 2.01. The predicted octanol–water partition coefficient (Wildman–Crippen LogP) is 3.34. The lowest BCUT2D eigenvalue weighted by atomic mass is 10.0. The number of anilines is 3. The average molecular weight is 276 g/mol. The van der Waals surface area contributed by atoms with E-state index in [1.165, 1.54) is 5.56 Å². The second kappa shape index (κ2) is 4.31. The van der Waals surface area contributed by atoms with Gasteiger partial charge in [0.05, 0.1) is 11.4 Å². The van der Waals surface area contributed by atoms with Crippen LogP contribution in [0.5, 0.6) is 0 Å². The molecule has 0 fully saturated rings. The number of aromatic amines is 1. The maximum atomic E-state index is 5.83. The van der Waals surface area contributed by atoms with Gasteiger partial charge in [-0.05, 0) is 54.4 Å². The van der Waals surface area contributed by atoms with Crippen molar-refractivity contribution in [3.8, 4) is 0 Å². The van der Waals surface area contributed by atoms with Gasteiger partial charge in [0.2, 0.25) is 0 Å². The Morgan fingerprint density at radius 1 is 0.905 bits per heavy atom. The maximum absolute atomic E-state index is 5.83. The molecule has 3 aromatic rings. The first-order valence-corrected chi connectivity index (χ1v) is 6.93. The molecule has 2 aromatic carbocycles. The van der Waals surface area contributed by atoms with Crippen molar-refractivity contribution in [3.63, 3.8) is 0 Å². The number of nitrogens with one attached hydrogen (secondary N) is 2. The van der Waals surface area contributed by atoms with Gasteiger partial charge in [-0.2, -0.15) is 0 Å². The van der Waals surface area contributed by atoms with Crippen molar-refractivity contribution in [3.05, 3.63) is 59.8 Å². The molecule has 1 aliphatic heterocycles. The molecule has 0 saturated heterocycles. The molecule has 0 atom stereocenters. The summed E-state index contributed by atoms with van der Waals surface area (Å²) in [4.78, 5) is 3.42. The van der Waals surface area contributed by atoms with Gasteiger partial charge < -0.3 is 21.8 Å². The van der Waals surface area contributed by atoms with Crippen molar-refractivity contribution in [2.45, 2.75) is 6.42 Å². The number of benzene rings is 2. The molecule has 0 radical (unpaired) electrons. The normalized spacial score (nSPS) is 13.6. The van der Waals surface area contributed by atoms with Crippen LogP contribution in [0.25, 0.3) is 16.6 Å². The van der Waals surface area contributed by atoms with Gasteiger partial charge in [-0.1, -0.05) is 6.08 Å². The molecule has 0 amide bonds. The third-order valence-corrected chi connectivity index (χ3v) is 3.86. The lowest BCUT2D eigenvalue weighted by Crippen LogP contribution is -2.07. The van der Waals surface area contributed by atoms with Gasteiger partial charge in [-0.25, -0.2) is 0 Å². The molecule has 2 heterocycles. The predicted molar refractivity (Wildman–Crippen MR) is 88.9 cm³/mol. The van der Waals surface area contributed by atoms with E-state index in [0.29, 0.717) is 0 Å². The molecule has 0 unspecified atom stereocenters. The van der Waals surface area contributed by atoms with Gasteiger partial charge in [-0.15, -0.1) is 0 Å². The van der Waals surface area contributed by atoms with E-state index in [2.05, 4.69) is 22.4 Å². The first kappa shape index (κ1) is 11.9. The van der Waals surface area contributed by atoms with Crippen LogP contribution in [0.15, 0.2) is 48.5 Å². The summed E-state index contributed by atoms with van der Waals surface area (Å²) >= 11 is 0. The Kier molecular flexibility index (Phi) is 2.44. The standard InChI is InChI=1S/C17H16N4/c18-12-2-5-14-10(7-12)1-4-16(20-14)17-9-11-8-13(19)3-6-15(11)21-17/h2-9,20-21H,1,18-19H2. The van der Waals surface area contributed by atoms with Gasteiger partial charge in [0.1, 0.15) is 0 Å². The molecule has 1 aliphatic rings. The number of hydrogen-bond acceptors (Lipinski definition) is 3. The Labute approximate surface area is 122 Å². The Balaban J connectivity index is 1.73. The molecule has 0 saturated carbocycles. The summed E-state index contributed by atoms with van der Waals surface area (Å²) in [6.07, 6.45) is 3.05. The molecule has 21 heavy (non-hydrogen) atoms. The van der Waals surface area contributed by atoms with Gasteiger partial charge in [-0.3, -0.25) is 0 Å². The fourth-order valence-corrected chi connectivity index (χ4v) is 2.79. The number of fused-ring (bicyclic) bond motifs is 2. The van der Waals surface area contributed by atoms with E-state index in [0.717, 1.165) is 45.8 Å². The monoisotopic (exact) mass is 276 g/mol. The zero-order valence-electron chi connectivity index (χ0n) is 11.5.